The third-order valence-corrected chi connectivity index (χ3v) is 4.29. The minimum Gasteiger partial charge on any atom is -0.365 e. The molecule has 0 aliphatic carbocycles. The van der Waals surface area contributed by atoms with Gasteiger partial charge in [0, 0.05) is 35.5 Å². The smallest absolute Gasteiger partial charge is 0.252 e. The second kappa shape index (κ2) is 5.20. The van der Waals surface area contributed by atoms with E-state index in [4.69, 9.17) is 28.9 Å². The highest BCUT2D eigenvalue weighted by molar-refractivity contribution is 6.37. The molecule has 0 bridgehead atoms. The topological polar surface area (TPSA) is 60.9 Å². The first-order valence-corrected chi connectivity index (χ1v) is 7.26. The van der Waals surface area contributed by atoms with Crippen molar-refractivity contribution in [2.24, 2.45) is 5.73 Å². The summed E-state index contributed by atoms with van der Waals surface area (Å²) < 4.78 is 1.98. The molecule has 0 aromatic carbocycles. The Hall–Kier alpha value is -1.78. The van der Waals surface area contributed by atoms with E-state index in [9.17, 15) is 4.79 Å². The number of amides is 1. The van der Waals surface area contributed by atoms with Crippen molar-refractivity contribution in [2.75, 3.05) is 0 Å². The first-order chi connectivity index (χ1) is 10.0. The van der Waals surface area contributed by atoms with Gasteiger partial charge in [-0.2, -0.15) is 0 Å². The summed E-state index contributed by atoms with van der Waals surface area (Å²) in [4.78, 5) is 16.1. The number of primary amides is 1. The van der Waals surface area contributed by atoms with E-state index in [2.05, 4.69) is 4.98 Å². The van der Waals surface area contributed by atoms with Crippen LogP contribution in [-0.2, 0) is 6.54 Å². The zero-order chi connectivity index (χ0) is 15.1. The quantitative estimate of drug-likeness (QED) is 0.918. The fourth-order valence-electron chi connectivity index (χ4n) is 2.66. The second-order valence-electron chi connectivity index (χ2n) is 4.92. The third kappa shape index (κ3) is 2.24. The van der Waals surface area contributed by atoms with Crippen molar-refractivity contribution in [1.29, 1.82) is 0 Å². The Morgan fingerprint density at radius 1 is 1.43 bits per heavy atom. The Kier molecular flexibility index (Phi) is 3.51. The van der Waals surface area contributed by atoms with E-state index in [-0.39, 0.29) is 0 Å². The molecule has 21 heavy (non-hydrogen) atoms. The summed E-state index contributed by atoms with van der Waals surface area (Å²) in [6.45, 7) is 2.56. The summed E-state index contributed by atoms with van der Waals surface area (Å²) in [5.74, 6) is -0.556. The number of hydrogen-bond acceptors (Lipinski definition) is 2. The predicted molar refractivity (Wildman–Crippen MR) is 84.4 cm³/mol. The van der Waals surface area contributed by atoms with Crippen LogP contribution in [0.2, 0.25) is 5.02 Å². The highest BCUT2D eigenvalue weighted by Crippen LogP contribution is 2.40. The van der Waals surface area contributed by atoms with Crippen LogP contribution in [0, 0.1) is 6.92 Å². The SMILES string of the molecule is Cc1ncccc1-c1c(Cl)c(C(N)=O)c2n1CCC(Cl)=C2. The number of allylic oxidation sites excluding steroid dienone is 1. The van der Waals surface area contributed by atoms with Gasteiger partial charge in [-0.05, 0) is 25.1 Å². The molecule has 0 atom stereocenters. The number of carbonyl (C=O) groups is 1. The Balaban J connectivity index is 2.36. The Morgan fingerprint density at radius 3 is 2.86 bits per heavy atom. The van der Waals surface area contributed by atoms with Crippen LogP contribution in [0.3, 0.4) is 0 Å². The van der Waals surface area contributed by atoms with E-state index in [0.717, 1.165) is 17.0 Å². The molecule has 3 heterocycles. The van der Waals surface area contributed by atoms with Gasteiger partial charge in [0.1, 0.15) is 0 Å². The van der Waals surface area contributed by atoms with Crippen LogP contribution >= 0.6 is 23.2 Å². The summed E-state index contributed by atoms with van der Waals surface area (Å²) in [7, 11) is 0. The molecule has 3 rings (SSSR count). The molecule has 1 amide bonds. The van der Waals surface area contributed by atoms with Gasteiger partial charge in [0.2, 0.25) is 0 Å². The third-order valence-electron chi connectivity index (χ3n) is 3.62. The van der Waals surface area contributed by atoms with E-state index in [1.165, 1.54) is 0 Å². The number of nitrogens with zero attached hydrogens (tertiary/aromatic N) is 2. The zero-order valence-corrected chi connectivity index (χ0v) is 12.9. The van der Waals surface area contributed by atoms with Gasteiger partial charge in [0.25, 0.3) is 5.91 Å². The van der Waals surface area contributed by atoms with Crippen molar-refractivity contribution in [3.8, 4) is 11.3 Å². The first kappa shape index (κ1) is 14.2. The van der Waals surface area contributed by atoms with Crippen LogP contribution in [0.15, 0.2) is 23.4 Å². The molecule has 0 saturated carbocycles. The minimum atomic E-state index is -0.556. The molecule has 0 saturated heterocycles. The maximum Gasteiger partial charge on any atom is 0.252 e. The van der Waals surface area contributed by atoms with Crippen LogP contribution in [-0.4, -0.2) is 15.5 Å². The van der Waals surface area contributed by atoms with Gasteiger partial charge in [0.15, 0.2) is 0 Å². The molecular weight excluding hydrogens is 309 g/mol. The summed E-state index contributed by atoms with van der Waals surface area (Å²) in [6.07, 6.45) is 4.18. The van der Waals surface area contributed by atoms with Crippen LogP contribution in [0.25, 0.3) is 17.3 Å². The van der Waals surface area contributed by atoms with E-state index in [1.807, 2.05) is 23.6 Å². The summed E-state index contributed by atoms with van der Waals surface area (Å²) in [5, 5.41) is 1.05. The van der Waals surface area contributed by atoms with Gasteiger partial charge in [0.05, 0.1) is 22.0 Å². The molecule has 0 unspecified atom stereocenters. The number of halogens is 2. The lowest BCUT2D eigenvalue weighted by Crippen LogP contribution is -2.14. The molecule has 4 nitrogen and oxygen atoms in total. The van der Waals surface area contributed by atoms with Crippen LogP contribution in [0.4, 0.5) is 0 Å². The maximum absolute atomic E-state index is 11.8. The van der Waals surface area contributed by atoms with Crippen molar-refractivity contribution in [3.63, 3.8) is 0 Å². The normalized spacial score (nSPS) is 13.8. The molecule has 2 N–H and O–H groups in total. The van der Waals surface area contributed by atoms with Crippen LogP contribution in [0.1, 0.15) is 28.2 Å². The molecule has 6 heteroatoms. The Bertz CT molecular complexity index is 777. The number of rotatable bonds is 2. The van der Waals surface area contributed by atoms with Crippen molar-refractivity contribution in [2.45, 2.75) is 19.9 Å². The summed E-state index contributed by atoms with van der Waals surface area (Å²) >= 11 is 12.5. The maximum atomic E-state index is 11.8. The number of pyridine rings is 1. The zero-order valence-electron chi connectivity index (χ0n) is 11.4. The standard InChI is InChI=1S/C15H13Cl2N3O/c1-8-10(3-2-5-19-8)14-13(17)12(15(18)21)11-7-9(16)4-6-20(11)14/h2-3,5,7H,4,6H2,1H3,(H2,18,21). The van der Waals surface area contributed by atoms with Gasteiger partial charge in [-0.25, -0.2) is 0 Å². The fraction of sp³-hybridized carbons (Fsp3) is 0.200. The predicted octanol–water partition coefficient (Wildman–Crippen LogP) is 3.59. The van der Waals surface area contributed by atoms with Crippen molar-refractivity contribution in [1.82, 2.24) is 9.55 Å². The molecule has 2 aromatic rings. The fourth-order valence-corrected chi connectivity index (χ4v) is 3.24. The van der Waals surface area contributed by atoms with E-state index < -0.39 is 5.91 Å². The largest absolute Gasteiger partial charge is 0.365 e. The molecule has 1 aliphatic heterocycles. The Morgan fingerprint density at radius 2 is 2.19 bits per heavy atom. The van der Waals surface area contributed by atoms with Crippen LogP contribution in [0.5, 0.6) is 0 Å². The van der Waals surface area contributed by atoms with Crippen molar-refractivity contribution in [3.05, 3.63) is 45.3 Å². The van der Waals surface area contributed by atoms with Crippen molar-refractivity contribution < 1.29 is 4.79 Å². The molecule has 2 aromatic heterocycles. The number of aryl methyl sites for hydroxylation is 1. The average molecular weight is 322 g/mol. The minimum absolute atomic E-state index is 0.313. The highest BCUT2D eigenvalue weighted by atomic mass is 35.5. The highest BCUT2D eigenvalue weighted by Gasteiger charge is 2.27. The molecule has 0 fully saturated rings. The molecule has 0 radical (unpaired) electrons. The van der Waals surface area contributed by atoms with Crippen LogP contribution < -0.4 is 5.73 Å². The van der Waals surface area contributed by atoms with E-state index in [1.54, 1.807) is 12.3 Å². The average Bonchev–Trinajstić information content (AvgIpc) is 2.71. The molecular formula is C15H13Cl2N3O. The number of aromatic nitrogens is 2. The second-order valence-corrected chi connectivity index (χ2v) is 5.78. The lowest BCUT2D eigenvalue weighted by molar-refractivity contribution is 0.1000. The Labute approximate surface area is 132 Å². The van der Waals surface area contributed by atoms with Gasteiger partial charge >= 0.3 is 0 Å². The number of carbonyl (C=O) groups excluding carboxylic acids is 1. The monoisotopic (exact) mass is 321 g/mol. The molecule has 1 aliphatic rings. The number of fused-ring (bicyclic) bond motifs is 1. The summed E-state index contributed by atoms with van der Waals surface area (Å²) in [6, 6.07) is 3.77. The van der Waals surface area contributed by atoms with E-state index >= 15 is 0 Å². The van der Waals surface area contributed by atoms with Gasteiger partial charge in [-0.15, -0.1) is 0 Å². The lowest BCUT2D eigenvalue weighted by atomic mass is 10.1. The van der Waals surface area contributed by atoms with E-state index in [0.29, 0.717) is 34.3 Å². The van der Waals surface area contributed by atoms with Gasteiger partial charge < -0.3 is 10.3 Å². The van der Waals surface area contributed by atoms with Gasteiger partial charge in [-0.3, -0.25) is 9.78 Å². The number of nitrogens with two attached hydrogens (primary N) is 1. The molecule has 108 valence electrons. The van der Waals surface area contributed by atoms with Gasteiger partial charge in [-0.1, -0.05) is 23.2 Å². The number of hydrogen-bond donors (Lipinski definition) is 1. The summed E-state index contributed by atoms with van der Waals surface area (Å²) in [5.41, 5.74) is 8.98. The first-order valence-electron chi connectivity index (χ1n) is 6.50. The van der Waals surface area contributed by atoms with Crippen molar-refractivity contribution >= 4 is 35.2 Å². The lowest BCUT2D eigenvalue weighted by Gasteiger charge is -2.17. The molecule has 0 spiro atoms.